The smallest absolute Gasteiger partial charge is 0.224 e. The molecule has 0 radical (unpaired) electrons. The number of amides is 1. The molecule has 0 aliphatic carbocycles. The zero-order chi connectivity index (χ0) is 24.2. The summed E-state index contributed by atoms with van der Waals surface area (Å²) in [5, 5.41) is 7.69. The maximum atomic E-state index is 12.7. The molecule has 0 atom stereocenters. The number of anilines is 1. The van der Waals surface area contributed by atoms with E-state index in [1.54, 1.807) is 39.5 Å². The van der Waals surface area contributed by atoms with Gasteiger partial charge in [-0.2, -0.15) is 5.10 Å². The molecule has 0 aliphatic rings. The summed E-state index contributed by atoms with van der Waals surface area (Å²) in [5.74, 6) is 1.85. The monoisotopic (exact) mass is 460 g/mol. The van der Waals surface area contributed by atoms with Gasteiger partial charge in [-0.3, -0.25) is 4.79 Å². The van der Waals surface area contributed by atoms with Crippen molar-refractivity contribution < 1.29 is 19.0 Å². The second-order valence-electron chi connectivity index (χ2n) is 7.88. The minimum Gasteiger partial charge on any atom is -0.497 e. The van der Waals surface area contributed by atoms with Crippen molar-refractivity contribution in [2.45, 2.75) is 26.7 Å². The average Bonchev–Trinajstić information content (AvgIpc) is 3.27. The fourth-order valence-corrected chi connectivity index (χ4v) is 4.04. The number of ether oxygens (including phenoxy) is 3. The number of benzene rings is 2. The molecule has 176 valence electrons. The molecule has 1 N–H and O–H groups in total. The number of rotatable bonds is 8. The number of aryl methyl sites for hydroxylation is 2. The molecule has 0 saturated carbocycles. The molecule has 4 aromatic rings. The Morgan fingerprint density at radius 3 is 2.47 bits per heavy atom. The first kappa shape index (κ1) is 23.1. The highest BCUT2D eigenvalue weighted by Crippen LogP contribution is 2.31. The Balaban J connectivity index is 1.56. The van der Waals surface area contributed by atoms with Crippen LogP contribution in [-0.4, -0.2) is 41.8 Å². The fourth-order valence-electron chi connectivity index (χ4n) is 4.04. The van der Waals surface area contributed by atoms with Crippen molar-refractivity contribution in [3.05, 3.63) is 65.5 Å². The van der Waals surface area contributed by atoms with Crippen molar-refractivity contribution in [3.8, 4) is 28.5 Å². The number of hydrogen-bond donors (Lipinski definition) is 1. The van der Waals surface area contributed by atoms with Gasteiger partial charge in [0.25, 0.3) is 0 Å². The predicted octanol–water partition coefficient (Wildman–Crippen LogP) is 4.61. The maximum Gasteiger partial charge on any atom is 0.224 e. The Kier molecular flexibility index (Phi) is 6.67. The van der Waals surface area contributed by atoms with E-state index in [-0.39, 0.29) is 12.3 Å². The highest BCUT2D eigenvalue weighted by molar-refractivity contribution is 5.92. The fraction of sp³-hybridized carbons (Fsp3) is 0.269. The number of nitrogens with zero attached hydrogens (tertiary/aromatic N) is 3. The summed E-state index contributed by atoms with van der Waals surface area (Å²) in [6.07, 6.45) is 0.818. The summed E-state index contributed by atoms with van der Waals surface area (Å²) in [4.78, 5) is 17.5. The molecule has 0 unspecified atom stereocenters. The van der Waals surface area contributed by atoms with E-state index < -0.39 is 0 Å². The highest BCUT2D eigenvalue weighted by atomic mass is 16.5. The quantitative estimate of drug-likeness (QED) is 0.413. The molecule has 0 bridgehead atoms. The third-order valence-electron chi connectivity index (χ3n) is 5.83. The molecule has 0 saturated heterocycles. The van der Waals surface area contributed by atoms with Crippen LogP contribution in [0.3, 0.4) is 0 Å². The Morgan fingerprint density at radius 1 is 0.971 bits per heavy atom. The van der Waals surface area contributed by atoms with Crippen LogP contribution in [0, 0.1) is 13.8 Å². The molecule has 34 heavy (non-hydrogen) atoms. The van der Waals surface area contributed by atoms with Gasteiger partial charge in [0.05, 0.1) is 32.7 Å². The summed E-state index contributed by atoms with van der Waals surface area (Å²) >= 11 is 0. The standard InChI is InChI=1S/C26H28N4O4/c1-16-19(11-13-26(31)28-22-14-18(32-3)10-12-24(22)34-5)17(2)30-25(27-16)15-21(29-30)20-8-6-7-9-23(20)33-4/h6-10,12,14-15H,11,13H2,1-5H3,(H,28,31). The Bertz CT molecular complexity index is 1350. The second-order valence-corrected chi connectivity index (χ2v) is 7.88. The SMILES string of the molecule is COc1ccc(OC)c(NC(=O)CCc2c(C)nc3cc(-c4ccccc4OC)nn3c2C)c1. The van der Waals surface area contributed by atoms with Gasteiger partial charge in [-0.1, -0.05) is 12.1 Å². The van der Waals surface area contributed by atoms with Crippen LogP contribution in [0.25, 0.3) is 16.9 Å². The van der Waals surface area contributed by atoms with E-state index in [1.807, 2.05) is 48.7 Å². The number of fused-ring (bicyclic) bond motifs is 1. The minimum absolute atomic E-state index is 0.124. The first-order chi connectivity index (χ1) is 16.4. The van der Waals surface area contributed by atoms with Gasteiger partial charge in [-0.25, -0.2) is 9.50 Å². The number of nitrogens with one attached hydrogen (secondary N) is 1. The van der Waals surface area contributed by atoms with Crippen molar-refractivity contribution in [2.75, 3.05) is 26.6 Å². The van der Waals surface area contributed by atoms with Crippen LogP contribution in [0.15, 0.2) is 48.5 Å². The lowest BCUT2D eigenvalue weighted by molar-refractivity contribution is -0.116. The molecule has 1 amide bonds. The maximum absolute atomic E-state index is 12.7. The zero-order valence-electron chi connectivity index (χ0n) is 20.0. The van der Waals surface area contributed by atoms with Crippen LogP contribution in [0.4, 0.5) is 5.69 Å². The highest BCUT2D eigenvalue weighted by Gasteiger charge is 2.16. The Labute approximate surface area is 198 Å². The van der Waals surface area contributed by atoms with E-state index in [9.17, 15) is 4.79 Å². The molecular formula is C26H28N4O4. The zero-order valence-corrected chi connectivity index (χ0v) is 20.0. The summed E-state index contributed by atoms with van der Waals surface area (Å²) in [5.41, 5.74) is 5.84. The first-order valence-electron chi connectivity index (χ1n) is 11.0. The van der Waals surface area contributed by atoms with Crippen LogP contribution in [0.5, 0.6) is 17.2 Å². The summed E-state index contributed by atoms with van der Waals surface area (Å²) < 4.78 is 17.9. The number of methoxy groups -OCH3 is 3. The number of carbonyl (C=O) groups excluding carboxylic acids is 1. The van der Waals surface area contributed by atoms with Crippen LogP contribution < -0.4 is 19.5 Å². The van der Waals surface area contributed by atoms with E-state index in [0.29, 0.717) is 23.6 Å². The third-order valence-corrected chi connectivity index (χ3v) is 5.83. The second kappa shape index (κ2) is 9.82. The van der Waals surface area contributed by atoms with E-state index >= 15 is 0 Å². The van der Waals surface area contributed by atoms with E-state index in [1.165, 1.54) is 0 Å². The van der Waals surface area contributed by atoms with Crippen molar-refractivity contribution in [3.63, 3.8) is 0 Å². The van der Waals surface area contributed by atoms with Gasteiger partial charge < -0.3 is 19.5 Å². The van der Waals surface area contributed by atoms with Crippen LogP contribution >= 0.6 is 0 Å². The van der Waals surface area contributed by atoms with Gasteiger partial charge in [0, 0.05) is 35.5 Å². The van der Waals surface area contributed by atoms with Crippen molar-refractivity contribution >= 4 is 17.2 Å². The van der Waals surface area contributed by atoms with Gasteiger partial charge in [0.15, 0.2) is 5.65 Å². The molecule has 0 fully saturated rings. The predicted molar refractivity (Wildman–Crippen MR) is 131 cm³/mol. The molecule has 8 nitrogen and oxygen atoms in total. The number of hydrogen-bond acceptors (Lipinski definition) is 6. The van der Waals surface area contributed by atoms with Gasteiger partial charge in [0.1, 0.15) is 17.2 Å². The number of para-hydroxylation sites is 1. The molecule has 8 heteroatoms. The van der Waals surface area contributed by atoms with Gasteiger partial charge in [0.2, 0.25) is 5.91 Å². The van der Waals surface area contributed by atoms with Crippen LogP contribution in [-0.2, 0) is 11.2 Å². The molecule has 2 aromatic carbocycles. The Morgan fingerprint density at radius 2 is 1.74 bits per heavy atom. The van der Waals surface area contributed by atoms with E-state index in [2.05, 4.69) is 5.32 Å². The molecule has 0 aliphatic heterocycles. The first-order valence-corrected chi connectivity index (χ1v) is 11.0. The molecule has 2 aromatic heterocycles. The lowest BCUT2D eigenvalue weighted by Crippen LogP contribution is -2.15. The topological polar surface area (TPSA) is 87.0 Å². The van der Waals surface area contributed by atoms with Gasteiger partial charge in [-0.05, 0) is 50.1 Å². The molecule has 4 rings (SSSR count). The molecular weight excluding hydrogens is 432 g/mol. The van der Waals surface area contributed by atoms with Crippen molar-refractivity contribution in [1.29, 1.82) is 0 Å². The Hall–Kier alpha value is -4.07. The van der Waals surface area contributed by atoms with Crippen LogP contribution in [0.2, 0.25) is 0 Å². The largest absolute Gasteiger partial charge is 0.497 e. The van der Waals surface area contributed by atoms with E-state index in [0.717, 1.165) is 39.6 Å². The summed E-state index contributed by atoms with van der Waals surface area (Å²) in [7, 11) is 4.79. The minimum atomic E-state index is -0.124. The van der Waals surface area contributed by atoms with Crippen molar-refractivity contribution in [1.82, 2.24) is 14.6 Å². The van der Waals surface area contributed by atoms with Crippen molar-refractivity contribution in [2.24, 2.45) is 0 Å². The van der Waals surface area contributed by atoms with E-state index in [4.69, 9.17) is 24.3 Å². The van der Waals surface area contributed by atoms with Gasteiger partial charge in [-0.15, -0.1) is 0 Å². The average molecular weight is 461 g/mol. The molecule has 2 heterocycles. The summed E-state index contributed by atoms with van der Waals surface area (Å²) in [6.45, 7) is 3.96. The lowest BCUT2D eigenvalue weighted by Gasteiger charge is -2.13. The number of carbonyl (C=O) groups is 1. The van der Waals surface area contributed by atoms with Crippen LogP contribution in [0.1, 0.15) is 23.4 Å². The normalized spacial score (nSPS) is 10.9. The lowest BCUT2D eigenvalue weighted by atomic mass is 10.1. The number of aromatic nitrogens is 3. The molecule has 0 spiro atoms. The summed E-state index contributed by atoms with van der Waals surface area (Å²) in [6, 6.07) is 15.0. The third kappa shape index (κ3) is 4.52. The van der Waals surface area contributed by atoms with Gasteiger partial charge >= 0.3 is 0 Å².